The van der Waals surface area contributed by atoms with E-state index in [0.29, 0.717) is 13.2 Å². The van der Waals surface area contributed by atoms with Gasteiger partial charge in [0, 0.05) is 5.56 Å². The van der Waals surface area contributed by atoms with E-state index in [1.165, 1.54) is 0 Å². The third kappa shape index (κ3) is 3.54. The molecule has 1 aromatic heterocycles. The molecule has 1 aromatic carbocycles. The van der Waals surface area contributed by atoms with E-state index in [2.05, 4.69) is 5.32 Å². The minimum atomic E-state index is 0.475. The fourth-order valence-electron chi connectivity index (χ4n) is 1.99. The molecule has 4 heteroatoms. The predicted molar refractivity (Wildman–Crippen MR) is 78.2 cm³/mol. The quantitative estimate of drug-likeness (QED) is 0.842. The van der Waals surface area contributed by atoms with Crippen molar-refractivity contribution in [2.45, 2.75) is 27.0 Å². The fraction of sp³-hybridized carbons (Fsp3) is 0.375. The predicted octanol–water partition coefficient (Wildman–Crippen LogP) is 3.29. The van der Waals surface area contributed by atoms with E-state index in [0.717, 1.165) is 35.1 Å². The zero-order valence-corrected chi connectivity index (χ0v) is 12.2. The molecule has 2 rings (SSSR count). The number of hydrogen-bond donors (Lipinski definition) is 1. The van der Waals surface area contributed by atoms with Gasteiger partial charge in [0.1, 0.15) is 18.1 Å². The van der Waals surface area contributed by atoms with E-state index in [1.54, 1.807) is 0 Å². The number of rotatable bonds is 7. The number of aryl methyl sites for hydroxylation is 1. The summed E-state index contributed by atoms with van der Waals surface area (Å²) in [4.78, 5) is 0. The fourth-order valence-corrected chi connectivity index (χ4v) is 1.99. The second kappa shape index (κ2) is 7.01. The average molecular weight is 275 g/mol. The summed E-state index contributed by atoms with van der Waals surface area (Å²) in [7, 11) is 1.90. The van der Waals surface area contributed by atoms with Crippen molar-refractivity contribution >= 4 is 0 Å². The van der Waals surface area contributed by atoms with Crippen molar-refractivity contribution in [1.29, 1.82) is 0 Å². The van der Waals surface area contributed by atoms with Crippen LogP contribution in [0.25, 0.3) is 0 Å². The van der Waals surface area contributed by atoms with Crippen LogP contribution in [-0.4, -0.2) is 13.7 Å². The Hall–Kier alpha value is -1.94. The lowest BCUT2D eigenvalue weighted by Gasteiger charge is -2.11. The Morgan fingerprint density at radius 1 is 1.15 bits per heavy atom. The van der Waals surface area contributed by atoms with E-state index in [4.69, 9.17) is 13.9 Å². The second-order valence-corrected chi connectivity index (χ2v) is 4.49. The third-order valence-electron chi connectivity index (χ3n) is 2.95. The van der Waals surface area contributed by atoms with Crippen molar-refractivity contribution < 1.29 is 13.9 Å². The van der Waals surface area contributed by atoms with Crippen molar-refractivity contribution in [3.63, 3.8) is 0 Å². The van der Waals surface area contributed by atoms with Crippen LogP contribution >= 0.6 is 0 Å². The van der Waals surface area contributed by atoms with Gasteiger partial charge < -0.3 is 19.2 Å². The van der Waals surface area contributed by atoms with Gasteiger partial charge in [-0.3, -0.25) is 0 Å². The lowest BCUT2D eigenvalue weighted by Crippen LogP contribution is -2.03. The van der Waals surface area contributed by atoms with Crippen LogP contribution < -0.4 is 14.8 Å². The van der Waals surface area contributed by atoms with Gasteiger partial charge in [-0.1, -0.05) is 12.1 Å². The van der Waals surface area contributed by atoms with Crippen LogP contribution in [-0.2, 0) is 13.2 Å². The summed E-state index contributed by atoms with van der Waals surface area (Å²) in [5.41, 5.74) is 1.06. The van der Waals surface area contributed by atoms with Crippen LogP contribution in [0.4, 0.5) is 0 Å². The van der Waals surface area contributed by atoms with Crippen LogP contribution in [0.1, 0.15) is 24.0 Å². The van der Waals surface area contributed by atoms with Gasteiger partial charge in [-0.2, -0.15) is 0 Å². The number of benzene rings is 1. The molecule has 0 radical (unpaired) electrons. The SMILES string of the molecule is CCOc1ccccc1OCc1cc(CNC)oc1C. The molecule has 0 atom stereocenters. The Morgan fingerprint density at radius 3 is 2.50 bits per heavy atom. The van der Waals surface area contributed by atoms with Crippen LogP contribution in [0, 0.1) is 6.92 Å². The van der Waals surface area contributed by atoms with Gasteiger partial charge in [0.25, 0.3) is 0 Å². The van der Waals surface area contributed by atoms with Gasteiger partial charge in [-0.25, -0.2) is 0 Å². The van der Waals surface area contributed by atoms with Gasteiger partial charge in [-0.15, -0.1) is 0 Å². The Balaban J connectivity index is 2.05. The largest absolute Gasteiger partial charge is 0.490 e. The number of ether oxygens (including phenoxy) is 2. The topological polar surface area (TPSA) is 43.6 Å². The van der Waals surface area contributed by atoms with Gasteiger partial charge in [0.2, 0.25) is 0 Å². The molecule has 1 N–H and O–H groups in total. The molecule has 0 aliphatic carbocycles. The Morgan fingerprint density at radius 2 is 1.85 bits per heavy atom. The molecule has 0 saturated heterocycles. The van der Waals surface area contributed by atoms with E-state index in [1.807, 2.05) is 51.2 Å². The van der Waals surface area contributed by atoms with Gasteiger partial charge in [-0.05, 0) is 39.1 Å². The lowest BCUT2D eigenvalue weighted by molar-refractivity contribution is 0.267. The standard InChI is InChI=1S/C16H21NO3/c1-4-18-15-7-5-6-8-16(15)19-11-13-9-14(10-17-3)20-12(13)2/h5-9,17H,4,10-11H2,1-3H3. The highest BCUT2D eigenvalue weighted by molar-refractivity contribution is 5.39. The van der Waals surface area contributed by atoms with E-state index < -0.39 is 0 Å². The molecule has 0 aliphatic heterocycles. The Bertz CT molecular complexity index is 548. The Kier molecular flexibility index (Phi) is 5.07. The molecule has 108 valence electrons. The monoisotopic (exact) mass is 275 g/mol. The molecule has 0 saturated carbocycles. The number of para-hydroxylation sites is 2. The maximum atomic E-state index is 5.84. The first-order valence-corrected chi connectivity index (χ1v) is 6.82. The summed E-state index contributed by atoms with van der Waals surface area (Å²) >= 11 is 0. The summed E-state index contributed by atoms with van der Waals surface area (Å²) in [5, 5.41) is 3.07. The van der Waals surface area contributed by atoms with Crippen LogP contribution in [0.5, 0.6) is 11.5 Å². The smallest absolute Gasteiger partial charge is 0.161 e. The van der Waals surface area contributed by atoms with E-state index in [9.17, 15) is 0 Å². The molecule has 0 bridgehead atoms. The maximum absolute atomic E-state index is 5.84. The molecule has 2 aromatic rings. The first kappa shape index (κ1) is 14.5. The van der Waals surface area contributed by atoms with Crippen molar-refractivity contribution in [3.8, 4) is 11.5 Å². The molecule has 0 amide bonds. The molecular formula is C16H21NO3. The number of hydrogen-bond acceptors (Lipinski definition) is 4. The average Bonchev–Trinajstić information content (AvgIpc) is 2.79. The molecule has 4 nitrogen and oxygen atoms in total. The van der Waals surface area contributed by atoms with E-state index >= 15 is 0 Å². The van der Waals surface area contributed by atoms with Crippen molar-refractivity contribution in [2.75, 3.05) is 13.7 Å². The minimum Gasteiger partial charge on any atom is -0.490 e. The molecule has 20 heavy (non-hydrogen) atoms. The highest BCUT2D eigenvalue weighted by Crippen LogP contribution is 2.28. The highest BCUT2D eigenvalue weighted by Gasteiger charge is 2.09. The summed E-state index contributed by atoms with van der Waals surface area (Å²) in [6.45, 7) is 5.73. The third-order valence-corrected chi connectivity index (χ3v) is 2.95. The molecule has 0 aliphatic rings. The summed E-state index contributed by atoms with van der Waals surface area (Å²) < 4.78 is 17.0. The van der Waals surface area contributed by atoms with Gasteiger partial charge in [0.15, 0.2) is 11.5 Å². The van der Waals surface area contributed by atoms with Gasteiger partial charge >= 0.3 is 0 Å². The second-order valence-electron chi connectivity index (χ2n) is 4.49. The van der Waals surface area contributed by atoms with Gasteiger partial charge in [0.05, 0.1) is 13.2 Å². The molecule has 0 unspecified atom stereocenters. The number of nitrogens with one attached hydrogen (secondary N) is 1. The summed E-state index contributed by atoms with van der Waals surface area (Å²) in [6, 6.07) is 9.72. The zero-order valence-electron chi connectivity index (χ0n) is 12.2. The molecule has 0 spiro atoms. The first-order valence-electron chi connectivity index (χ1n) is 6.82. The molecule has 0 fully saturated rings. The Labute approximate surface area is 119 Å². The highest BCUT2D eigenvalue weighted by atomic mass is 16.5. The van der Waals surface area contributed by atoms with Crippen molar-refractivity contribution in [3.05, 3.63) is 47.4 Å². The molecular weight excluding hydrogens is 254 g/mol. The summed E-state index contributed by atoms with van der Waals surface area (Å²) in [6.07, 6.45) is 0. The maximum Gasteiger partial charge on any atom is 0.161 e. The van der Waals surface area contributed by atoms with Crippen molar-refractivity contribution in [1.82, 2.24) is 5.32 Å². The number of furan rings is 1. The van der Waals surface area contributed by atoms with Crippen LogP contribution in [0.3, 0.4) is 0 Å². The van der Waals surface area contributed by atoms with Crippen LogP contribution in [0.15, 0.2) is 34.7 Å². The normalized spacial score (nSPS) is 10.6. The zero-order chi connectivity index (χ0) is 14.4. The lowest BCUT2D eigenvalue weighted by atomic mass is 10.2. The van der Waals surface area contributed by atoms with Crippen LogP contribution in [0.2, 0.25) is 0 Å². The molecule has 1 heterocycles. The summed E-state index contributed by atoms with van der Waals surface area (Å²) in [5.74, 6) is 3.34. The minimum absolute atomic E-state index is 0.475. The first-order chi connectivity index (χ1) is 9.74. The van der Waals surface area contributed by atoms with E-state index in [-0.39, 0.29) is 0 Å². The van der Waals surface area contributed by atoms with Crippen molar-refractivity contribution in [2.24, 2.45) is 0 Å².